The van der Waals surface area contributed by atoms with Crippen molar-refractivity contribution in [3.05, 3.63) is 5.82 Å². The van der Waals surface area contributed by atoms with E-state index < -0.39 is 5.97 Å². The molecular formula is C12H19N3O2S2. The average Bonchev–Trinajstić information content (AvgIpc) is 3.01. The summed E-state index contributed by atoms with van der Waals surface area (Å²) in [5.74, 6) is 0.197. The standard InChI is InChI=1S/C12H19N3O2S2/c1-3-10-13-14-12(19-7-11(16)17)15(10)8-5-4-6-9(8)18-2/h8-9H,3-7H2,1-2H3,(H,16,17). The number of carboxylic acid groups (broad SMARTS) is 1. The summed E-state index contributed by atoms with van der Waals surface area (Å²) in [4.78, 5) is 10.7. The van der Waals surface area contributed by atoms with Gasteiger partial charge in [0, 0.05) is 17.7 Å². The molecule has 5 nitrogen and oxygen atoms in total. The fourth-order valence-electron chi connectivity index (χ4n) is 2.58. The van der Waals surface area contributed by atoms with Crippen LogP contribution in [0.4, 0.5) is 0 Å². The highest BCUT2D eigenvalue weighted by Crippen LogP contribution is 2.39. The summed E-state index contributed by atoms with van der Waals surface area (Å²) < 4.78 is 2.18. The van der Waals surface area contributed by atoms with E-state index in [1.54, 1.807) is 0 Å². The molecular weight excluding hydrogens is 282 g/mol. The van der Waals surface area contributed by atoms with Crippen LogP contribution in [0.25, 0.3) is 0 Å². The number of carboxylic acids is 1. The van der Waals surface area contributed by atoms with Crippen molar-refractivity contribution >= 4 is 29.5 Å². The molecule has 1 fully saturated rings. The average molecular weight is 301 g/mol. The third-order valence-corrected chi connectivity index (χ3v) is 5.51. The number of hydrogen-bond donors (Lipinski definition) is 1. The van der Waals surface area contributed by atoms with E-state index in [2.05, 4.69) is 27.9 Å². The van der Waals surface area contributed by atoms with Crippen LogP contribution in [0, 0.1) is 0 Å². The molecule has 2 rings (SSSR count). The van der Waals surface area contributed by atoms with Crippen molar-refractivity contribution < 1.29 is 9.90 Å². The van der Waals surface area contributed by atoms with Crippen LogP contribution in [0.3, 0.4) is 0 Å². The highest BCUT2D eigenvalue weighted by atomic mass is 32.2. The number of aryl methyl sites for hydroxylation is 1. The molecule has 1 aromatic rings. The van der Waals surface area contributed by atoms with Gasteiger partial charge in [-0.1, -0.05) is 25.1 Å². The summed E-state index contributed by atoms with van der Waals surface area (Å²) in [7, 11) is 0. The smallest absolute Gasteiger partial charge is 0.313 e. The molecule has 0 saturated heterocycles. The topological polar surface area (TPSA) is 68.0 Å². The second-order valence-electron chi connectivity index (χ2n) is 4.58. The molecule has 0 bridgehead atoms. The van der Waals surface area contributed by atoms with Crippen LogP contribution in [0.15, 0.2) is 5.16 Å². The first-order chi connectivity index (χ1) is 9.17. The first kappa shape index (κ1) is 14.7. The summed E-state index contributed by atoms with van der Waals surface area (Å²) >= 11 is 3.16. The van der Waals surface area contributed by atoms with Gasteiger partial charge in [0.1, 0.15) is 5.82 Å². The van der Waals surface area contributed by atoms with Gasteiger partial charge in [0.2, 0.25) is 0 Å². The number of hydrogen-bond acceptors (Lipinski definition) is 5. The zero-order valence-corrected chi connectivity index (χ0v) is 12.8. The fourth-order valence-corrected chi connectivity index (χ4v) is 4.29. The minimum Gasteiger partial charge on any atom is -0.481 e. The maximum absolute atomic E-state index is 10.7. The lowest BCUT2D eigenvalue weighted by Gasteiger charge is -2.22. The van der Waals surface area contributed by atoms with E-state index in [4.69, 9.17) is 5.11 Å². The number of rotatable bonds is 6. The maximum atomic E-state index is 10.7. The van der Waals surface area contributed by atoms with E-state index in [1.807, 2.05) is 11.8 Å². The molecule has 2 unspecified atom stereocenters. The summed E-state index contributed by atoms with van der Waals surface area (Å²) in [5.41, 5.74) is 0. The number of carbonyl (C=O) groups is 1. The Morgan fingerprint density at radius 3 is 2.89 bits per heavy atom. The molecule has 1 aromatic heterocycles. The molecule has 0 radical (unpaired) electrons. The minimum absolute atomic E-state index is 0.0402. The Bertz CT molecular complexity index is 450. The van der Waals surface area contributed by atoms with Crippen molar-refractivity contribution in [2.24, 2.45) is 0 Å². The summed E-state index contributed by atoms with van der Waals surface area (Å²) in [6.07, 6.45) is 6.55. The summed E-state index contributed by atoms with van der Waals surface area (Å²) in [6, 6.07) is 0.413. The van der Waals surface area contributed by atoms with E-state index in [1.165, 1.54) is 24.6 Å². The predicted molar refractivity (Wildman–Crippen MR) is 78.0 cm³/mol. The second-order valence-corrected chi connectivity index (χ2v) is 6.60. The highest BCUT2D eigenvalue weighted by Gasteiger charge is 2.31. The summed E-state index contributed by atoms with van der Waals surface area (Å²) in [5, 5.41) is 18.5. The molecule has 19 heavy (non-hydrogen) atoms. The van der Waals surface area contributed by atoms with Gasteiger partial charge < -0.3 is 9.67 Å². The van der Waals surface area contributed by atoms with Gasteiger partial charge in [-0.05, 0) is 19.1 Å². The predicted octanol–water partition coefficient (Wildman–Crippen LogP) is 2.47. The maximum Gasteiger partial charge on any atom is 0.313 e. The van der Waals surface area contributed by atoms with Crippen LogP contribution in [-0.4, -0.2) is 43.1 Å². The molecule has 2 atom stereocenters. The third-order valence-electron chi connectivity index (χ3n) is 3.43. The van der Waals surface area contributed by atoms with Crippen LogP contribution < -0.4 is 0 Å². The number of aliphatic carboxylic acids is 1. The first-order valence-corrected chi connectivity index (χ1v) is 8.75. The molecule has 106 valence electrons. The lowest BCUT2D eigenvalue weighted by atomic mass is 10.2. The van der Waals surface area contributed by atoms with Crippen molar-refractivity contribution in [1.82, 2.24) is 14.8 Å². The third kappa shape index (κ3) is 3.25. The fraction of sp³-hybridized carbons (Fsp3) is 0.750. The highest BCUT2D eigenvalue weighted by molar-refractivity contribution is 7.99. The monoisotopic (exact) mass is 301 g/mol. The minimum atomic E-state index is -0.814. The van der Waals surface area contributed by atoms with Gasteiger partial charge in [0.25, 0.3) is 0 Å². The van der Waals surface area contributed by atoms with Gasteiger partial charge >= 0.3 is 5.97 Å². The van der Waals surface area contributed by atoms with E-state index >= 15 is 0 Å². The number of aromatic nitrogens is 3. The van der Waals surface area contributed by atoms with Gasteiger partial charge in [-0.25, -0.2) is 0 Å². The Labute approximate surface area is 121 Å². The SMILES string of the molecule is CCc1nnc(SCC(=O)O)n1C1CCCC1SC. The van der Waals surface area contributed by atoms with E-state index in [0.29, 0.717) is 11.3 Å². The molecule has 7 heteroatoms. The van der Waals surface area contributed by atoms with Crippen molar-refractivity contribution in [2.45, 2.75) is 49.1 Å². The summed E-state index contributed by atoms with van der Waals surface area (Å²) in [6.45, 7) is 2.06. The molecule has 1 heterocycles. The Morgan fingerprint density at radius 1 is 1.47 bits per heavy atom. The van der Waals surface area contributed by atoms with Gasteiger partial charge in [-0.3, -0.25) is 4.79 Å². The van der Waals surface area contributed by atoms with E-state index in [9.17, 15) is 4.79 Å². The first-order valence-electron chi connectivity index (χ1n) is 6.48. The van der Waals surface area contributed by atoms with Crippen molar-refractivity contribution in [1.29, 1.82) is 0 Å². The zero-order chi connectivity index (χ0) is 13.8. The van der Waals surface area contributed by atoms with Gasteiger partial charge in [-0.15, -0.1) is 10.2 Å². The van der Waals surface area contributed by atoms with Crippen LogP contribution in [-0.2, 0) is 11.2 Å². The second kappa shape index (κ2) is 6.65. The largest absolute Gasteiger partial charge is 0.481 e. The van der Waals surface area contributed by atoms with Gasteiger partial charge in [0.15, 0.2) is 5.16 Å². The Hall–Kier alpha value is -0.690. The van der Waals surface area contributed by atoms with Gasteiger partial charge in [0.05, 0.1) is 5.75 Å². The molecule has 0 amide bonds. The van der Waals surface area contributed by atoms with Crippen molar-refractivity contribution in [3.63, 3.8) is 0 Å². The lowest BCUT2D eigenvalue weighted by Crippen LogP contribution is -2.19. The number of thioether (sulfide) groups is 2. The van der Waals surface area contributed by atoms with Crippen molar-refractivity contribution in [3.8, 4) is 0 Å². The molecule has 0 aromatic carbocycles. The lowest BCUT2D eigenvalue weighted by molar-refractivity contribution is -0.133. The molecule has 1 N–H and O–H groups in total. The Kier molecular flexibility index (Phi) is 5.15. The van der Waals surface area contributed by atoms with Crippen LogP contribution in [0.2, 0.25) is 0 Å². The molecule has 1 aliphatic rings. The molecule has 1 saturated carbocycles. The zero-order valence-electron chi connectivity index (χ0n) is 11.2. The van der Waals surface area contributed by atoms with Gasteiger partial charge in [-0.2, -0.15) is 11.8 Å². The van der Waals surface area contributed by atoms with Crippen LogP contribution in [0.1, 0.15) is 38.1 Å². The normalized spacial score (nSPS) is 22.8. The Balaban J connectivity index is 2.25. The molecule has 0 aliphatic heterocycles. The van der Waals surface area contributed by atoms with E-state index in [0.717, 1.165) is 23.8 Å². The number of nitrogens with zero attached hydrogens (tertiary/aromatic N) is 3. The quantitative estimate of drug-likeness (QED) is 0.814. The Morgan fingerprint density at radius 2 is 2.26 bits per heavy atom. The van der Waals surface area contributed by atoms with Crippen LogP contribution >= 0.6 is 23.5 Å². The van der Waals surface area contributed by atoms with E-state index in [-0.39, 0.29) is 5.75 Å². The molecule has 1 aliphatic carbocycles. The van der Waals surface area contributed by atoms with Crippen molar-refractivity contribution in [2.75, 3.05) is 12.0 Å². The molecule has 0 spiro atoms. The van der Waals surface area contributed by atoms with Crippen LogP contribution in [0.5, 0.6) is 0 Å².